The fourth-order valence-corrected chi connectivity index (χ4v) is 1.25. The molecule has 0 heterocycles. The summed E-state index contributed by atoms with van der Waals surface area (Å²) >= 11 is 0. The number of aliphatic hydroxyl groups excluding tert-OH is 2. The largest absolute Gasteiger partial charge is 0.395 e. The molecule has 0 radical (unpaired) electrons. The zero-order valence-corrected chi connectivity index (χ0v) is 10.5. The minimum Gasteiger partial charge on any atom is -0.395 e. The van der Waals surface area contributed by atoms with Gasteiger partial charge in [0.1, 0.15) is 0 Å². The van der Waals surface area contributed by atoms with Crippen molar-refractivity contribution in [2.45, 2.75) is 0 Å². The Bertz CT molecular complexity index is 225. The van der Waals surface area contributed by atoms with Crippen molar-refractivity contribution in [2.75, 3.05) is 31.2 Å². The van der Waals surface area contributed by atoms with Crippen LogP contribution in [0.4, 0.5) is 5.69 Å². The molecule has 1 aromatic rings. The molecule has 80 valence electrons. The Morgan fingerprint density at radius 3 is 1.86 bits per heavy atom. The van der Waals surface area contributed by atoms with Gasteiger partial charge in [-0.05, 0) is 12.1 Å². The van der Waals surface area contributed by atoms with Gasteiger partial charge >= 0.3 is 0 Å². The molecule has 0 aromatic heterocycles. The maximum absolute atomic E-state index is 8.80. The standard InChI is InChI=1S/C10H15NO2.Os/c12-8-6-11(7-9-13)10-4-2-1-3-5-10;/h1-5,12-13H,6-9H2;. The van der Waals surface area contributed by atoms with E-state index in [-0.39, 0.29) is 33.0 Å². The van der Waals surface area contributed by atoms with E-state index in [2.05, 4.69) is 0 Å². The summed E-state index contributed by atoms with van der Waals surface area (Å²) in [4.78, 5) is 1.94. The predicted octanol–water partition coefficient (Wildman–Crippen LogP) is 0.475. The molecule has 3 nitrogen and oxygen atoms in total. The number of aliphatic hydroxyl groups is 2. The van der Waals surface area contributed by atoms with Crippen LogP contribution in [-0.4, -0.2) is 36.5 Å². The van der Waals surface area contributed by atoms with Crippen molar-refractivity contribution in [3.8, 4) is 0 Å². The Hall–Kier alpha value is -0.424. The first kappa shape index (κ1) is 13.6. The third kappa shape index (κ3) is 4.19. The number of rotatable bonds is 5. The van der Waals surface area contributed by atoms with E-state index >= 15 is 0 Å². The van der Waals surface area contributed by atoms with Gasteiger partial charge in [0.15, 0.2) is 0 Å². The van der Waals surface area contributed by atoms with Crippen LogP contribution in [0.1, 0.15) is 0 Å². The number of anilines is 1. The molecule has 0 unspecified atom stereocenters. The molecule has 0 bridgehead atoms. The van der Waals surface area contributed by atoms with Crippen molar-refractivity contribution in [2.24, 2.45) is 0 Å². The first-order valence-corrected chi connectivity index (χ1v) is 4.40. The molecular formula is C10H15NO2Os. The number of hydrogen-bond acceptors (Lipinski definition) is 3. The Kier molecular flexibility index (Phi) is 7.69. The topological polar surface area (TPSA) is 43.7 Å². The third-order valence-corrected chi connectivity index (χ3v) is 1.86. The second kappa shape index (κ2) is 7.93. The van der Waals surface area contributed by atoms with E-state index in [1.807, 2.05) is 35.2 Å². The van der Waals surface area contributed by atoms with E-state index in [4.69, 9.17) is 10.2 Å². The number of para-hydroxylation sites is 1. The fourth-order valence-electron chi connectivity index (χ4n) is 1.25. The van der Waals surface area contributed by atoms with Crippen LogP contribution in [-0.2, 0) is 19.8 Å². The quantitative estimate of drug-likeness (QED) is 0.791. The summed E-state index contributed by atoms with van der Waals surface area (Å²) < 4.78 is 0. The molecule has 1 rings (SSSR count). The summed E-state index contributed by atoms with van der Waals surface area (Å²) in [6.07, 6.45) is 0. The molecule has 4 heteroatoms. The first-order chi connectivity index (χ1) is 6.38. The Morgan fingerprint density at radius 1 is 0.929 bits per heavy atom. The molecule has 0 aliphatic heterocycles. The van der Waals surface area contributed by atoms with Crippen LogP contribution >= 0.6 is 0 Å². The molecule has 0 amide bonds. The van der Waals surface area contributed by atoms with Gasteiger partial charge in [0.05, 0.1) is 13.2 Å². The van der Waals surface area contributed by atoms with Crippen molar-refractivity contribution < 1.29 is 30.0 Å². The second-order valence-corrected chi connectivity index (χ2v) is 2.77. The maximum atomic E-state index is 8.80. The number of nitrogens with zero attached hydrogens (tertiary/aromatic N) is 1. The van der Waals surface area contributed by atoms with Crippen LogP contribution in [0.25, 0.3) is 0 Å². The molecule has 0 aliphatic rings. The Labute approximate surface area is 97.4 Å². The van der Waals surface area contributed by atoms with Crippen LogP contribution in [0.3, 0.4) is 0 Å². The zero-order chi connectivity index (χ0) is 9.52. The van der Waals surface area contributed by atoms with Gasteiger partial charge in [-0.3, -0.25) is 0 Å². The van der Waals surface area contributed by atoms with Gasteiger partial charge in [0, 0.05) is 38.6 Å². The zero-order valence-electron chi connectivity index (χ0n) is 7.91. The van der Waals surface area contributed by atoms with E-state index < -0.39 is 0 Å². The van der Waals surface area contributed by atoms with Crippen molar-refractivity contribution in [1.82, 2.24) is 0 Å². The van der Waals surface area contributed by atoms with Gasteiger partial charge in [-0.25, -0.2) is 0 Å². The normalized spacial score (nSPS) is 9.29. The molecule has 0 atom stereocenters. The summed E-state index contributed by atoms with van der Waals surface area (Å²) in [6, 6.07) is 9.75. The number of benzene rings is 1. The molecule has 2 N–H and O–H groups in total. The van der Waals surface area contributed by atoms with Crippen LogP contribution in [0.2, 0.25) is 0 Å². The molecule has 0 fully saturated rings. The molecule has 0 aliphatic carbocycles. The van der Waals surface area contributed by atoms with Crippen molar-refractivity contribution in [3.05, 3.63) is 30.3 Å². The predicted molar refractivity (Wildman–Crippen MR) is 52.8 cm³/mol. The van der Waals surface area contributed by atoms with Gasteiger partial charge in [-0.2, -0.15) is 0 Å². The van der Waals surface area contributed by atoms with Crippen LogP contribution in [0.15, 0.2) is 30.3 Å². The summed E-state index contributed by atoms with van der Waals surface area (Å²) in [6.45, 7) is 1.33. The first-order valence-electron chi connectivity index (χ1n) is 4.40. The summed E-state index contributed by atoms with van der Waals surface area (Å²) in [7, 11) is 0. The van der Waals surface area contributed by atoms with Crippen molar-refractivity contribution >= 4 is 5.69 Å². The third-order valence-electron chi connectivity index (χ3n) is 1.86. The molecular weight excluding hydrogens is 356 g/mol. The molecule has 0 spiro atoms. The van der Waals surface area contributed by atoms with E-state index in [0.29, 0.717) is 13.1 Å². The fraction of sp³-hybridized carbons (Fsp3) is 0.400. The van der Waals surface area contributed by atoms with Gasteiger partial charge in [0.25, 0.3) is 0 Å². The van der Waals surface area contributed by atoms with Crippen molar-refractivity contribution in [1.29, 1.82) is 0 Å². The number of hydrogen-bond donors (Lipinski definition) is 2. The van der Waals surface area contributed by atoms with E-state index in [1.54, 1.807) is 0 Å². The van der Waals surface area contributed by atoms with E-state index in [9.17, 15) is 0 Å². The second-order valence-electron chi connectivity index (χ2n) is 2.77. The molecule has 14 heavy (non-hydrogen) atoms. The van der Waals surface area contributed by atoms with Gasteiger partial charge in [-0.15, -0.1) is 0 Å². The van der Waals surface area contributed by atoms with Crippen LogP contribution < -0.4 is 4.90 Å². The van der Waals surface area contributed by atoms with Crippen LogP contribution in [0.5, 0.6) is 0 Å². The summed E-state index contributed by atoms with van der Waals surface area (Å²) in [5.74, 6) is 0. The minimum absolute atomic E-state index is 0. The van der Waals surface area contributed by atoms with E-state index in [0.717, 1.165) is 5.69 Å². The van der Waals surface area contributed by atoms with E-state index in [1.165, 1.54) is 0 Å². The van der Waals surface area contributed by atoms with Crippen molar-refractivity contribution in [3.63, 3.8) is 0 Å². The van der Waals surface area contributed by atoms with Gasteiger partial charge in [0.2, 0.25) is 0 Å². The minimum atomic E-state index is 0. The van der Waals surface area contributed by atoms with Gasteiger partial charge in [-0.1, -0.05) is 18.2 Å². The summed E-state index contributed by atoms with van der Waals surface area (Å²) in [5.41, 5.74) is 1.03. The Balaban J connectivity index is 0.00000169. The summed E-state index contributed by atoms with van der Waals surface area (Å²) in [5, 5.41) is 17.6. The molecule has 0 saturated heterocycles. The van der Waals surface area contributed by atoms with Gasteiger partial charge < -0.3 is 15.1 Å². The molecule has 0 saturated carbocycles. The maximum Gasteiger partial charge on any atom is 0.0606 e. The van der Waals surface area contributed by atoms with Crippen LogP contribution in [0, 0.1) is 0 Å². The SMILES string of the molecule is OCCN(CCO)c1ccccc1.[Os]. The average Bonchev–Trinajstić information content (AvgIpc) is 2.19. The molecule has 1 aromatic carbocycles. The Morgan fingerprint density at radius 2 is 1.43 bits per heavy atom. The average molecular weight is 371 g/mol. The monoisotopic (exact) mass is 373 g/mol. The smallest absolute Gasteiger partial charge is 0.0606 e.